The van der Waals surface area contributed by atoms with Crippen LogP contribution in [-0.4, -0.2) is 47.9 Å². The first-order chi connectivity index (χ1) is 9.13. The van der Waals surface area contributed by atoms with Gasteiger partial charge in [0.25, 0.3) is 0 Å². The number of ether oxygens (including phenoxy) is 1. The third kappa shape index (κ3) is 6.02. The zero-order valence-electron chi connectivity index (χ0n) is 10.4. The van der Waals surface area contributed by atoms with Crippen molar-refractivity contribution in [1.82, 2.24) is 20.6 Å². The van der Waals surface area contributed by atoms with Gasteiger partial charge in [-0.25, -0.2) is 14.8 Å². The van der Waals surface area contributed by atoms with Crippen LogP contribution in [0.1, 0.15) is 0 Å². The Bertz CT molecular complexity index is 443. The van der Waals surface area contributed by atoms with E-state index in [0.29, 0.717) is 18.2 Å². The molecule has 0 saturated heterocycles. The second kappa shape index (κ2) is 8.27. The van der Waals surface area contributed by atoms with E-state index in [1.165, 1.54) is 19.5 Å². The van der Waals surface area contributed by atoms with E-state index in [4.69, 9.17) is 10.5 Å². The Morgan fingerprint density at radius 1 is 1.42 bits per heavy atom. The number of nitrogen functional groups attached to an aromatic ring is 1. The first kappa shape index (κ1) is 15.2. The minimum absolute atomic E-state index is 0.0284. The Hall–Kier alpha value is -1.87. The fraction of sp³-hybridized carbons (Fsp3) is 0.400. The molecule has 104 valence electrons. The molecule has 0 spiro atoms. The lowest BCUT2D eigenvalue weighted by Gasteiger charge is -2.06. The summed E-state index contributed by atoms with van der Waals surface area (Å²) in [6, 6.07) is -0.560. The van der Waals surface area contributed by atoms with Gasteiger partial charge >= 0.3 is 6.03 Å². The molecule has 1 aromatic heterocycles. The summed E-state index contributed by atoms with van der Waals surface area (Å²) in [4.78, 5) is 30.5. The van der Waals surface area contributed by atoms with E-state index in [9.17, 15) is 9.59 Å². The number of thioether (sulfide) groups is 1. The molecule has 1 aromatic rings. The highest BCUT2D eigenvalue weighted by atomic mass is 32.2. The molecule has 8 nitrogen and oxygen atoms in total. The van der Waals surface area contributed by atoms with Crippen molar-refractivity contribution in [2.75, 3.05) is 31.7 Å². The Labute approximate surface area is 114 Å². The van der Waals surface area contributed by atoms with Crippen LogP contribution in [0.15, 0.2) is 17.4 Å². The van der Waals surface area contributed by atoms with Gasteiger partial charge in [-0.1, -0.05) is 11.8 Å². The van der Waals surface area contributed by atoms with E-state index in [0.717, 1.165) is 11.8 Å². The number of hydrogen-bond acceptors (Lipinski definition) is 7. The lowest BCUT2D eigenvalue weighted by molar-refractivity contribution is -0.117. The second-order valence-electron chi connectivity index (χ2n) is 3.33. The van der Waals surface area contributed by atoms with Gasteiger partial charge in [-0.3, -0.25) is 10.1 Å². The molecule has 0 aliphatic carbocycles. The quantitative estimate of drug-likeness (QED) is 0.481. The summed E-state index contributed by atoms with van der Waals surface area (Å²) in [5.74, 6) is -0.157. The maximum absolute atomic E-state index is 11.5. The van der Waals surface area contributed by atoms with Crippen molar-refractivity contribution in [2.45, 2.75) is 5.03 Å². The van der Waals surface area contributed by atoms with Gasteiger partial charge in [0.15, 0.2) is 5.82 Å². The van der Waals surface area contributed by atoms with Crippen molar-refractivity contribution in [2.24, 2.45) is 0 Å². The first-order valence-electron chi connectivity index (χ1n) is 5.39. The molecule has 0 radical (unpaired) electrons. The van der Waals surface area contributed by atoms with Crippen LogP contribution in [0.25, 0.3) is 0 Å². The number of nitrogens with zero attached hydrogens (tertiary/aromatic N) is 2. The van der Waals surface area contributed by atoms with Crippen LogP contribution >= 0.6 is 11.8 Å². The summed E-state index contributed by atoms with van der Waals surface area (Å²) < 4.78 is 4.76. The van der Waals surface area contributed by atoms with Gasteiger partial charge in [0.05, 0.1) is 12.4 Å². The van der Waals surface area contributed by atoms with Gasteiger partial charge in [-0.2, -0.15) is 0 Å². The molecular formula is C10H15N5O3S. The summed E-state index contributed by atoms with van der Waals surface area (Å²) in [6.07, 6.45) is 2.94. The van der Waals surface area contributed by atoms with Crippen molar-refractivity contribution in [1.29, 1.82) is 0 Å². The van der Waals surface area contributed by atoms with E-state index < -0.39 is 11.9 Å². The summed E-state index contributed by atoms with van der Waals surface area (Å²) in [7, 11) is 1.52. The molecule has 0 atom stereocenters. The molecule has 0 fully saturated rings. The predicted molar refractivity (Wildman–Crippen MR) is 70.6 cm³/mol. The molecular weight excluding hydrogens is 270 g/mol. The molecule has 0 aliphatic heterocycles. The van der Waals surface area contributed by atoms with E-state index in [-0.39, 0.29) is 11.6 Å². The minimum atomic E-state index is -0.560. The van der Waals surface area contributed by atoms with Gasteiger partial charge in [-0.05, 0) is 0 Å². The van der Waals surface area contributed by atoms with Gasteiger partial charge in [0, 0.05) is 26.0 Å². The van der Waals surface area contributed by atoms with Crippen molar-refractivity contribution in [3.8, 4) is 0 Å². The number of amides is 3. The molecule has 4 N–H and O–H groups in total. The smallest absolute Gasteiger partial charge is 0.321 e. The van der Waals surface area contributed by atoms with Gasteiger partial charge < -0.3 is 15.8 Å². The lowest BCUT2D eigenvalue weighted by Crippen LogP contribution is -2.41. The molecule has 0 bridgehead atoms. The third-order valence-corrected chi connectivity index (χ3v) is 2.87. The first-order valence-corrected chi connectivity index (χ1v) is 6.38. The number of urea groups is 1. The van der Waals surface area contributed by atoms with Crippen molar-refractivity contribution < 1.29 is 14.3 Å². The SMILES string of the molecule is COCCNC(=O)NC(=O)CSc1nccnc1N. The highest BCUT2D eigenvalue weighted by molar-refractivity contribution is 8.00. The molecule has 1 rings (SSSR count). The number of imide groups is 1. The van der Waals surface area contributed by atoms with Crippen LogP contribution in [0, 0.1) is 0 Å². The highest BCUT2D eigenvalue weighted by Crippen LogP contribution is 2.18. The van der Waals surface area contributed by atoms with E-state index in [1.807, 2.05) is 0 Å². The van der Waals surface area contributed by atoms with E-state index >= 15 is 0 Å². The number of hydrogen-bond donors (Lipinski definition) is 3. The van der Waals surface area contributed by atoms with Crippen molar-refractivity contribution in [3.63, 3.8) is 0 Å². The van der Waals surface area contributed by atoms with E-state index in [1.54, 1.807) is 0 Å². The van der Waals surface area contributed by atoms with E-state index in [2.05, 4.69) is 20.6 Å². The molecule has 0 aliphatic rings. The summed E-state index contributed by atoms with van der Waals surface area (Å²) in [6.45, 7) is 0.715. The molecule has 1 heterocycles. The standard InChI is InChI=1S/C10H15N5O3S/c1-18-5-4-14-10(17)15-7(16)6-19-9-8(11)12-2-3-13-9/h2-3H,4-6H2,1H3,(H2,11,12)(H2,14,15,16,17). The maximum Gasteiger partial charge on any atom is 0.321 e. The average molecular weight is 285 g/mol. The fourth-order valence-corrected chi connectivity index (χ4v) is 1.73. The van der Waals surface area contributed by atoms with Crippen LogP contribution in [0.2, 0.25) is 0 Å². The Balaban J connectivity index is 2.28. The second-order valence-corrected chi connectivity index (χ2v) is 4.30. The summed E-state index contributed by atoms with van der Waals surface area (Å²) >= 11 is 1.11. The Morgan fingerprint density at radius 3 is 2.84 bits per heavy atom. The van der Waals surface area contributed by atoms with Crippen molar-refractivity contribution >= 4 is 29.5 Å². The van der Waals surface area contributed by atoms with Crippen LogP contribution < -0.4 is 16.4 Å². The van der Waals surface area contributed by atoms with Crippen LogP contribution in [0.4, 0.5) is 10.6 Å². The van der Waals surface area contributed by atoms with Gasteiger partial charge in [0.2, 0.25) is 5.91 Å². The third-order valence-electron chi connectivity index (χ3n) is 1.88. The topological polar surface area (TPSA) is 119 Å². The number of nitrogens with one attached hydrogen (secondary N) is 2. The zero-order chi connectivity index (χ0) is 14.1. The van der Waals surface area contributed by atoms with Crippen LogP contribution in [0.3, 0.4) is 0 Å². The molecule has 0 aromatic carbocycles. The Kier molecular flexibility index (Phi) is 6.61. The zero-order valence-corrected chi connectivity index (χ0v) is 11.2. The Morgan fingerprint density at radius 2 is 2.16 bits per heavy atom. The molecule has 0 unspecified atom stereocenters. The average Bonchev–Trinajstić information content (AvgIpc) is 2.38. The number of carbonyl (C=O) groups is 2. The van der Waals surface area contributed by atoms with Crippen LogP contribution in [0.5, 0.6) is 0 Å². The fourth-order valence-electron chi connectivity index (χ4n) is 1.05. The number of anilines is 1. The normalized spacial score (nSPS) is 9.95. The summed E-state index contributed by atoms with van der Waals surface area (Å²) in [5.41, 5.74) is 5.57. The van der Waals surface area contributed by atoms with Crippen molar-refractivity contribution in [3.05, 3.63) is 12.4 Å². The number of aromatic nitrogens is 2. The van der Waals surface area contributed by atoms with Gasteiger partial charge in [-0.15, -0.1) is 0 Å². The monoisotopic (exact) mass is 285 g/mol. The molecule has 9 heteroatoms. The number of carbonyl (C=O) groups excluding carboxylic acids is 2. The van der Waals surface area contributed by atoms with Crippen LogP contribution in [-0.2, 0) is 9.53 Å². The lowest BCUT2D eigenvalue weighted by atomic mass is 10.6. The van der Waals surface area contributed by atoms with Gasteiger partial charge in [0.1, 0.15) is 5.03 Å². The maximum atomic E-state index is 11.5. The summed E-state index contributed by atoms with van der Waals surface area (Å²) in [5, 5.41) is 5.10. The number of rotatable bonds is 6. The highest BCUT2D eigenvalue weighted by Gasteiger charge is 2.09. The predicted octanol–water partition coefficient (Wildman–Crippen LogP) is -0.377. The molecule has 0 saturated carbocycles. The number of methoxy groups -OCH3 is 1. The minimum Gasteiger partial charge on any atom is -0.383 e. The molecule has 19 heavy (non-hydrogen) atoms. The number of nitrogens with two attached hydrogens (primary N) is 1. The largest absolute Gasteiger partial charge is 0.383 e. The molecule has 3 amide bonds.